The molecular formula is C12H23NO3S. The second-order valence-electron chi connectivity index (χ2n) is 5.68. The van der Waals surface area contributed by atoms with Crippen LogP contribution in [0.15, 0.2) is 0 Å². The molecular weight excluding hydrogens is 238 g/mol. The molecule has 0 heterocycles. The van der Waals surface area contributed by atoms with Gasteiger partial charge in [0, 0.05) is 6.54 Å². The summed E-state index contributed by atoms with van der Waals surface area (Å²) in [5.74, 6) is -0.173. The largest absolute Gasteiger partial charge is 0.469 e. The smallest absolute Gasteiger partial charge is 0.313 e. The molecule has 0 aliphatic heterocycles. The molecule has 0 aromatic rings. The highest BCUT2D eigenvalue weighted by molar-refractivity contribution is 7.84. The highest BCUT2D eigenvalue weighted by Crippen LogP contribution is 2.38. The van der Waals surface area contributed by atoms with Gasteiger partial charge < -0.3 is 4.74 Å². The van der Waals surface area contributed by atoms with E-state index in [2.05, 4.69) is 4.72 Å². The van der Waals surface area contributed by atoms with Crippen LogP contribution in [0.1, 0.15) is 46.5 Å². The van der Waals surface area contributed by atoms with Crippen molar-refractivity contribution in [3.05, 3.63) is 0 Å². The molecule has 0 aromatic carbocycles. The number of nitrogens with one attached hydrogen (secondary N) is 1. The van der Waals surface area contributed by atoms with Gasteiger partial charge >= 0.3 is 5.97 Å². The van der Waals surface area contributed by atoms with E-state index in [-0.39, 0.29) is 10.7 Å². The maximum absolute atomic E-state index is 11.9. The zero-order valence-corrected chi connectivity index (χ0v) is 12.0. The minimum absolute atomic E-state index is 0.173. The predicted octanol–water partition coefficient (Wildman–Crippen LogP) is 1.77. The molecule has 0 radical (unpaired) electrons. The fourth-order valence-corrected chi connectivity index (χ4v) is 2.98. The van der Waals surface area contributed by atoms with Gasteiger partial charge in [0.25, 0.3) is 0 Å². The van der Waals surface area contributed by atoms with Gasteiger partial charge in [-0.05, 0) is 33.6 Å². The molecule has 1 saturated carbocycles. The van der Waals surface area contributed by atoms with E-state index in [4.69, 9.17) is 4.74 Å². The van der Waals surface area contributed by atoms with Crippen molar-refractivity contribution in [3.63, 3.8) is 0 Å². The van der Waals surface area contributed by atoms with Crippen molar-refractivity contribution in [1.29, 1.82) is 0 Å². The van der Waals surface area contributed by atoms with Crippen molar-refractivity contribution in [2.45, 2.75) is 51.2 Å². The first kappa shape index (κ1) is 14.6. The van der Waals surface area contributed by atoms with Crippen molar-refractivity contribution >= 4 is 17.0 Å². The quantitative estimate of drug-likeness (QED) is 0.785. The number of ether oxygens (including phenoxy) is 1. The number of rotatable bonds is 4. The maximum Gasteiger partial charge on any atom is 0.313 e. The van der Waals surface area contributed by atoms with Crippen LogP contribution in [0.4, 0.5) is 0 Å². The molecule has 1 atom stereocenters. The molecule has 4 nitrogen and oxygen atoms in total. The van der Waals surface area contributed by atoms with Crippen molar-refractivity contribution in [1.82, 2.24) is 4.72 Å². The Morgan fingerprint density at radius 1 is 1.35 bits per heavy atom. The Hall–Kier alpha value is -0.420. The van der Waals surface area contributed by atoms with E-state index in [1.807, 2.05) is 20.8 Å². The molecule has 5 heteroatoms. The summed E-state index contributed by atoms with van der Waals surface area (Å²) < 4.78 is 19.5. The Morgan fingerprint density at radius 2 is 1.88 bits per heavy atom. The van der Waals surface area contributed by atoms with Gasteiger partial charge in [0.15, 0.2) is 0 Å². The minimum atomic E-state index is -1.14. The number of hydrogen-bond acceptors (Lipinski definition) is 3. The van der Waals surface area contributed by atoms with Crippen LogP contribution in [0.3, 0.4) is 0 Å². The van der Waals surface area contributed by atoms with Gasteiger partial charge in [-0.1, -0.05) is 12.8 Å². The Bertz CT molecular complexity index is 303. The number of methoxy groups -OCH3 is 1. The SMILES string of the molecule is COC(=O)C1(CN[S@@](=O)C(C)(C)C)CCCC1. The molecule has 17 heavy (non-hydrogen) atoms. The molecule has 0 unspecified atom stereocenters. The molecule has 0 spiro atoms. The predicted molar refractivity (Wildman–Crippen MR) is 68.8 cm³/mol. The highest BCUT2D eigenvalue weighted by atomic mass is 32.2. The van der Waals surface area contributed by atoms with E-state index in [1.165, 1.54) is 7.11 Å². The molecule has 1 aliphatic carbocycles. The van der Waals surface area contributed by atoms with Gasteiger partial charge in [0.1, 0.15) is 0 Å². The number of carbonyl (C=O) groups is 1. The summed E-state index contributed by atoms with van der Waals surface area (Å²) >= 11 is 0. The average Bonchev–Trinajstić information content (AvgIpc) is 2.73. The van der Waals surface area contributed by atoms with Gasteiger partial charge in [-0.25, -0.2) is 8.93 Å². The van der Waals surface area contributed by atoms with Crippen LogP contribution >= 0.6 is 0 Å². The molecule has 0 amide bonds. The fraction of sp³-hybridized carbons (Fsp3) is 0.917. The lowest BCUT2D eigenvalue weighted by Crippen LogP contribution is -2.43. The third-order valence-corrected chi connectivity index (χ3v) is 4.80. The van der Waals surface area contributed by atoms with E-state index in [0.29, 0.717) is 6.54 Å². The zero-order valence-electron chi connectivity index (χ0n) is 11.2. The Kier molecular flexibility index (Phi) is 4.72. The summed E-state index contributed by atoms with van der Waals surface area (Å²) in [4.78, 5) is 11.8. The summed E-state index contributed by atoms with van der Waals surface area (Å²) in [6.07, 6.45) is 3.74. The van der Waals surface area contributed by atoms with Crippen molar-refractivity contribution in [2.24, 2.45) is 5.41 Å². The van der Waals surface area contributed by atoms with E-state index in [1.54, 1.807) is 0 Å². The van der Waals surface area contributed by atoms with Crippen LogP contribution < -0.4 is 4.72 Å². The van der Waals surface area contributed by atoms with Crippen molar-refractivity contribution in [2.75, 3.05) is 13.7 Å². The number of hydrogen-bond donors (Lipinski definition) is 1. The van der Waals surface area contributed by atoms with Gasteiger partial charge in [-0.2, -0.15) is 0 Å². The maximum atomic E-state index is 11.9. The van der Waals surface area contributed by atoms with E-state index >= 15 is 0 Å². The third kappa shape index (κ3) is 3.52. The van der Waals surface area contributed by atoms with Crippen LogP contribution in [0.25, 0.3) is 0 Å². The summed E-state index contributed by atoms with van der Waals surface area (Å²) in [5, 5.41) is 0. The first-order valence-corrected chi connectivity index (χ1v) is 7.21. The van der Waals surface area contributed by atoms with E-state index in [9.17, 15) is 9.00 Å². The Balaban J connectivity index is 2.63. The Morgan fingerprint density at radius 3 is 2.29 bits per heavy atom. The first-order chi connectivity index (χ1) is 7.82. The van der Waals surface area contributed by atoms with Crippen LogP contribution in [0, 0.1) is 5.41 Å². The monoisotopic (exact) mass is 261 g/mol. The normalized spacial score (nSPS) is 21.2. The van der Waals surface area contributed by atoms with Crippen LogP contribution in [-0.4, -0.2) is 28.6 Å². The molecule has 1 rings (SSSR count). The molecule has 0 aromatic heterocycles. The molecule has 1 N–H and O–H groups in total. The van der Waals surface area contributed by atoms with Crippen LogP contribution in [0.5, 0.6) is 0 Å². The fourth-order valence-electron chi connectivity index (χ4n) is 2.14. The molecule has 1 aliphatic rings. The lowest BCUT2D eigenvalue weighted by Gasteiger charge is -2.27. The molecule has 0 saturated heterocycles. The zero-order chi connectivity index (χ0) is 13.1. The lowest BCUT2D eigenvalue weighted by atomic mass is 9.86. The summed E-state index contributed by atoms with van der Waals surface area (Å²) in [5.41, 5.74) is -0.463. The summed E-state index contributed by atoms with van der Waals surface area (Å²) in [7, 11) is 0.284. The second kappa shape index (κ2) is 5.48. The van der Waals surface area contributed by atoms with Gasteiger partial charge in [0.2, 0.25) is 0 Å². The second-order valence-corrected chi connectivity index (χ2v) is 7.73. The summed E-state index contributed by atoms with van der Waals surface area (Å²) in [6, 6.07) is 0. The minimum Gasteiger partial charge on any atom is -0.469 e. The standard InChI is InChI=1S/C12H23NO3S/c1-11(2,3)17(15)13-9-12(10(14)16-4)7-5-6-8-12/h13H,5-9H2,1-4H3/t17-/m0/s1. The van der Waals surface area contributed by atoms with Gasteiger partial charge in [0.05, 0.1) is 28.3 Å². The van der Waals surface area contributed by atoms with Gasteiger partial charge in [-0.3, -0.25) is 4.79 Å². The van der Waals surface area contributed by atoms with Crippen LogP contribution in [-0.2, 0) is 20.5 Å². The Labute approximate surface area is 106 Å². The average molecular weight is 261 g/mol. The number of esters is 1. The van der Waals surface area contributed by atoms with Gasteiger partial charge in [-0.15, -0.1) is 0 Å². The lowest BCUT2D eigenvalue weighted by molar-refractivity contribution is -0.152. The van der Waals surface area contributed by atoms with Crippen molar-refractivity contribution in [3.8, 4) is 0 Å². The van der Waals surface area contributed by atoms with Crippen molar-refractivity contribution < 1.29 is 13.7 Å². The summed E-state index contributed by atoms with van der Waals surface area (Å²) in [6.45, 7) is 6.18. The molecule has 1 fully saturated rings. The third-order valence-electron chi connectivity index (χ3n) is 3.28. The highest BCUT2D eigenvalue weighted by Gasteiger charge is 2.42. The number of carbonyl (C=O) groups excluding carboxylic acids is 1. The first-order valence-electron chi connectivity index (χ1n) is 6.06. The van der Waals surface area contributed by atoms with Crippen LogP contribution in [0.2, 0.25) is 0 Å². The van der Waals surface area contributed by atoms with E-state index < -0.39 is 16.4 Å². The topological polar surface area (TPSA) is 55.4 Å². The molecule has 0 bridgehead atoms. The van der Waals surface area contributed by atoms with E-state index in [0.717, 1.165) is 25.7 Å². The molecule has 100 valence electrons.